The number of urea groups is 1. The van der Waals surface area contributed by atoms with Crippen LogP contribution in [0.4, 0.5) is 9.18 Å². The summed E-state index contributed by atoms with van der Waals surface area (Å²) in [5.74, 6) is 1.62. The summed E-state index contributed by atoms with van der Waals surface area (Å²) in [6.45, 7) is 2.02. The molecule has 1 heterocycles. The van der Waals surface area contributed by atoms with E-state index in [-0.39, 0.29) is 18.4 Å². The Morgan fingerprint density at radius 3 is 2.93 bits per heavy atom. The first-order chi connectivity index (χ1) is 13.2. The summed E-state index contributed by atoms with van der Waals surface area (Å²) in [4.78, 5) is 14.2. The average molecular weight is 370 g/mol. The van der Waals surface area contributed by atoms with Gasteiger partial charge in [0, 0.05) is 17.7 Å². The predicted octanol–water partition coefficient (Wildman–Crippen LogP) is 3.72. The van der Waals surface area contributed by atoms with Crippen molar-refractivity contribution in [2.24, 2.45) is 5.92 Å². The Morgan fingerprint density at radius 1 is 1.22 bits per heavy atom. The summed E-state index contributed by atoms with van der Waals surface area (Å²) < 4.78 is 25.5. The Balaban J connectivity index is 1.39. The molecule has 2 aromatic carbocycles. The van der Waals surface area contributed by atoms with Gasteiger partial charge in [-0.2, -0.15) is 0 Å². The molecule has 0 unspecified atom stereocenters. The molecule has 1 N–H and O–H groups in total. The third kappa shape index (κ3) is 4.32. The van der Waals surface area contributed by atoms with E-state index < -0.39 is 0 Å². The van der Waals surface area contributed by atoms with E-state index in [1.165, 1.54) is 18.9 Å². The molecule has 2 aliphatic rings. The minimum absolute atomic E-state index is 0.188. The number of halogens is 1. The number of ether oxygens (including phenoxy) is 2. The number of nitrogens with zero attached hydrogens (tertiary/aromatic N) is 1. The molecule has 0 radical (unpaired) electrons. The largest absolute Gasteiger partial charge is 0.493 e. The van der Waals surface area contributed by atoms with Crippen molar-refractivity contribution in [2.45, 2.75) is 25.9 Å². The third-order valence-electron chi connectivity index (χ3n) is 4.90. The first-order valence-electron chi connectivity index (χ1n) is 9.34. The number of amides is 2. The van der Waals surface area contributed by atoms with Crippen LogP contribution < -0.4 is 14.8 Å². The number of hydrogen-bond donors (Lipinski definition) is 1. The standard InChI is InChI=1S/C21H23FN2O3/c22-18-5-3-7-20-17(18)13-24(10-11-26-20)21(25)23-12-16-4-1-2-6-19(16)27-14-15-8-9-15/h1-7,15H,8-14H2,(H,23,25). The van der Waals surface area contributed by atoms with Crippen LogP contribution in [0.5, 0.6) is 11.5 Å². The van der Waals surface area contributed by atoms with Crippen molar-refractivity contribution >= 4 is 6.03 Å². The zero-order valence-electron chi connectivity index (χ0n) is 15.1. The molecule has 0 saturated heterocycles. The minimum Gasteiger partial charge on any atom is -0.493 e. The zero-order chi connectivity index (χ0) is 18.6. The average Bonchev–Trinajstić information content (AvgIpc) is 3.51. The lowest BCUT2D eigenvalue weighted by Gasteiger charge is -2.21. The zero-order valence-corrected chi connectivity index (χ0v) is 15.1. The Labute approximate surface area is 158 Å². The van der Waals surface area contributed by atoms with E-state index in [1.54, 1.807) is 17.0 Å². The van der Waals surface area contributed by atoms with Gasteiger partial charge in [0.25, 0.3) is 0 Å². The van der Waals surface area contributed by atoms with Crippen molar-refractivity contribution in [3.8, 4) is 11.5 Å². The van der Waals surface area contributed by atoms with Gasteiger partial charge in [0.1, 0.15) is 23.9 Å². The van der Waals surface area contributed by atoms with Gasteiger partial charge in [-0.1, -0.05) is 24.3 Å². The SMILES string of the molecule is O=C(NCc1ccccc1OCC1CC1)N1CCOc2cccc(F)c2C1. The van der Waals surface area contributed by atoms with Crippen LogP contribution in [0.1, 0.15) is 24.0 Å². The highest BCUT2D eigenvalue weighted by atomic mass is 19.1. The maximum atomic E-state index is 14.1. The quantitative estimate of drug-likeness (QED) is 0.873. The number of carbonyl (C=O) groups is 1. The summed E-state index contributed by atoms with van der Waals surface area (Å²) >= 11 is 0. The van der Waals surface area contributed by atoms with E-state index >= 15 is 0 Å². The molecule has 2 amide bonds. The van der Waals surface area contributed by atoms with E-state index in [2.05, 4.69) is 5.32 Å². The van der Waals surface area contributed by atoms with Gasteiger partial charge in [0.2, 0.25) is 0 Å². The molecule has 1 saturated carbocycles. The molecule has 0 aromatic heterocycles. The van der Waals surface area contributed by atoms with Crippen LogP contribution in [0.15, 0.2) is 42.5 Å². The number of carbonyl (C=O) groups excluding carboxylic acids is 1. The van der Waals surface area contributed by atoms with Gasteiger partial charge < -0.3 is 19.7 Å². The fourth-order valence-corrected chi connectivity index (χ4v) is 3.10. The minimum atomic E-state index is -0.356. The second kappa shape index (κ2) is 7.86. The van der Waals surface area contributed by atoms with Crippen molar-refractivity contribution in [3.63, 3.8) is 0 Å². The Hall–Kier alpha value is -2.76. The second-order valence-corrected chi connectivity index (χ2v) is 7.01. The molecule has 4 rings (SSSR count). The van der Waals surface area contributed by atoms with Gasteiger partial charge in [-0.15, -0.1) is 0 Å². The summed E-state index contributed by atoms with van der Waals surface area (Å²) in [6, 6.07) is 12.2. The molecule has 1 aliphatic heterocycles. The molecule has 6 heteroatoms. The highest BCUT2D eigenvalue weighted by molar-refractivity contribution is 5.74. The van der Waals surface area contributed by atoms with E-state index in [4.69, 9.17) is 9.47 Å². The topological polar surface area (TPSA) is 50.8 Å². The number of fused-ring (bicyclic) bond motifs is 1. The van der Waals surface area contributed by atoms with Gasteiger partial charge in [-0.25, -0.2) is 9.18 Å². The van der Waals surface area contributed by atoms with Gasteiger partial charge in [-0.3, -0.25) is 0 Å². The van der Waals surface area contributed by atoms with Gasteiger partial charge in [-0.05, 0) is 37.0 Å². The lowest BCUT2D eigenvalue weighted by Crippen LogP contribution is -2.40. The van der Waals surface area contributed by atoms with Crippen LogP contribution in [-0.2, 0) is 13.1 Å². The number of hydrogen-bond acceptors (Lipinski definition) is 3. The van der Waals surface area contributed by atoms with Crippen molar-refractivity contribution in [1.82, 2.24) is 10.2 Å². The second-order valence-electron chi connectivity index (χ2n) is 7.01. The molecular formula is C21H23FN2O3. The molecule has 142 valence electrons. The highest BCUT2D eigenvalue weighted by Crippen LogP contribution is 2.30. The molecule has 1 aliphatic carbocycles. The molecule has 2 aromatic rings. The summed E-state index contributed by atoms with van der Waals surface area (Å²) in [5.41, 5.74) is 1.35. The van der Waals surface area contributed by atoms with Gasteiger partial charge >= 0.3 is 6.03 Å². The van der Waals surface area contributed by atoms with Gasteiger partial charge in [0.05, 0.1) is 19.7 Å². The third-order valence-corrected chi connectivity index (χ3v) is 4.90. The lowest BCUT2D eigenvalue weighted by atomic mass is 10.2. The summed E-state index contributed by atoms with van der Waals surface area (Å²) in [5, 5.41) is 2.92. The maximum Gasteiger partial charge on any atom is 0.318 e. The normalized spacial score (nSPS) is 16.1. The first kappa shape index (κ1) is 17.6. The van der Waals surface area contributed by atoms with Crippen LogP contribution in [0.25, 0.3) is 0 Å². The Kier molecular flexibility index (Phi) is 5.14. The highest BCUT2D eigenvalue weighted by Gasteiger charge is 2.23. The van der Waals surface area contributed by atoms with E-state index in [1.807, 2.05) is 24.3 Å². The molecule has 27 heavy (non-hydrogen) atoms. The predicted molar refractivity (Wildman–Crippen MR) is 99.2 cm³/mol. The smallest absolute Gasteiger partial charge is 0.318 e. The number of rotatable bonds is 5. The molecule has 0 bridgehead atoms. The molecular weight excluding hydrogens is 347 g/mol. The molecule has 0 atom stereocenters. The monoisotopic (exact) mass is 370 g/mol. The molecule has 5 nitrogen and oxygen atoms in total. The lowest BCUT2D eigenvalue weighted by molar-refractivity contribution is 0.187. The van der Waals surface area contributed by atoms with Crippen molar-refractivity contribution in [1.29, 1.82) is 0 Å². The van der Waals surface area contributed by atoms with E-state index in [0.717, 1.165) is 17.9 Å². The Bertz CT molecular complexity index is 823. The van der Waals surface area contributed by atoms with Crippen molar-refractivity contribution in [2.75, 3.05) is 19.8 Å². The number of benzene rings is 2. The van der Waals surface area contributed by atoms with Crippen LogP contribution >= 0.6 is 0 Å². The van der Waals surface area contributed by atoms with E-state index in [9.17, 15) is 9.18 Å². The number of para-hydroxylation sites is 1. The summed E-state index contributed by atoms with van der Waals surface area (Å²) in [6.07, 6.45) is 2.46. The maximum absolute atomic E-state index is 14.1. The fourth-order valence-electron chi connectivity index (χ4n) is 3.10. The molecule has 0 spiro atoms. The van der Waals surface area contributed by atoms with Crippen molar-refractivity contribution < 1.29 is 18.7 Å². The van der Waals surface area contributed by atoms with Crippen LogP contribution in [0, 0.1) is 11.7 Å². The fraction of sp³-hybridized carbons (Fsp3) is 0.381. The van der Waals surface area contributed by atoms with Gasteiger partial charge in [0.15, 0.2) is 0 Å². The van der Waals surface area contributed by atoms with Crippen LogP contribution in [0.3, 0.4) is 0 Å². The number of nitrogens with one attached hydrogen (secondary N) is 1. The summed E-state index contributed by atoms with van der Waals surface area (Å²) in [7, 11) is 0. The van der Waals surface area contributed by atoms with Crippen LogP contribution in [0.2, 0.25) is 0 Å². The first-order valence-corrected chi connectivity index (χ1v) is 9.34. The molecule has 1 fully saturated rings. The Morgan fingerprint density at radius 2 is 2.07 bits per heavy atom. The van der Waals surface area contributed by atoms with Crippen molar-refractivity contribution in [3.05, 3.63) is 59.4 Å². The van der Waals surface area contributed by atoms with E-state index in [0.29, 0.717) is 36.9 Å². The van der Waals surface area contributed by atoms with Crippen LogP contribution in [-0.4, -0.2) is 30.7 Å².